The molecule has 0 fully saturated rings. The first-order valence-electron chi connectivity index (χ1n) is 9.14. The van der Waals surface area contributed by atoms with Crippen molar-refractivity contribution in [3.63, 3.8) is 0 Å². The molecule has 2 aromatic rings. The molecule has 2 rings (SSSR count). The summed E-state index contributed by atoms with van der Waals surface area (Å²) in [6, 6.07) is 9.27. The Bertz CT molecular complexity index is 806. The molecule has 1 amide bonds. The molecule has 0 saturated carbocycles. The second kappa shape index (κ2) is 11.1. The lowest BCUT2D eigenvalue weighted by atomic mass is 10.1. The van der Waals surface area contributed by atoms with Gasteiger partial charge in [-0.2, -0.15) is 5.26 Å². The molecule has 1 aromatic carbocycles. The van der Waals surface area contributed by atoms with Crippen molar-refractivity contribution in [2.24, 2.45) is 0 Å². The zero-order chi connectivity index (χ0) is 19.5. The van der Waals surface area contributed by atoms with E-state index in [0.717, 1.165) is 29.2 Å². The van der Waals surface area contributed by atoms with E-state index >= 15 is 0 Å². The fraction of sp³-hybridized carbons (Fsp3) is 0.400. The number of unbranched alkanes of at least 4 members (excludes halogenated alkanes) is 3. The minimum Gasteiger partial charge on any atom is -0.494 e. The van der Waals surface area contributed by atoms with Gasteiger partial charge < -0.3 is 4.74 Å². The van der Waals surface area contributed by atoms with Gasteiger partial charge >= 0.3 is 0 Å². The number of aromatic nitrogens is 2. The number of carbonyl (C=O) groups excluding carboxylic acids is 1. The zero-order valence-corrected chi connectivity index (χ0v) is 16.5. The molecule has 6 nitrogen and oxygen atoms in total. The largest absolute Gasteiger partial charge is 0.494 e. The summed E-state index contributed by atoms with van der Waals surface area (Å²) in [5, 5.41) is 21.0. The van der Waals surface area contributed by atoms with Crippen LogP contribution in [-0.2, 0) is 11.2 Å². The summed E-state index contributed by atoms with van der Waals surface area (Å²) >= 11 is 1.30. The molecule has 27 heavy (non-hydrogen) atoms. The number of aryl methyl sites for hydroxylation is 1. The summed E-state index contributed by atoms with van der Waals surface area (Å²) in [4.78, 5) is 12.3. The quantitative estimate of drug-likeness (QED) is 0.367. The van der Waals surface area contributed by atoms with Crippen molar-refractivity contribution in [2.75, 3.05) is 11.9 Å². The van der Waals surface area contributed by atoms with Gasteiger partial charge in [-0.15, -0.1) is 10.2 Å². The first-order valence-corrected chi connectivity index (χ1v) is 9.96. The Morgan fingerprint density at radius 1 is 1.22 bits per heavy atom. The molecule has 0 unspecified atom stereocenters. The lowest BCUT2D eigenvalue weighted by Gasteiger charge is -2.06. The van der Waals surface area contributed by atoms with E-state index in [1.807, 2.05) is 37.3 Å². The molecule has 0 spiro atoms. The Labute approximate surface area is 163 Å². The molecule has 0 atom stereocenters. The molecule has 0 aliphatic heterocycles. The maximum Gasteiger partial charge on any atom is 0.268 e. The van der Waals surface area contributed by atoms with Gasteiger partial charge in [-0.3, -0.25) is 10.1 Å². The predicted molar refractivity (Wildman–Crippen MR) is 108 cm³/mol. The van der Waals surface area contributed by atoms with Crippen molar-refractivity contribution in [2.45, 2.75) is 46.0 Å². The van der Waals surface area contributed by atoms with Crippen LogP contribution in [0.25, 0.3) is 6.08 Å². The molecule has 1 N–H and O–H groups in total. The van der Waals surface area contributed by atoms with Crippen LogP contribution in [0.3, 0.4) is 0 Å². The molecule has 1 heterocycles. The van der Waals surface area contributed by atoms with Gasteiger partial charge in [0.2, 0.25) is 5.13 Å². The second-order valence-electron chi connectivity index (χ2n) is 5.96. The van der Waals surface area contributed by atoms with Crippen LogP contribution in [0.2, 0.25) is 0 Å². The van der Waals surface area contributed by atoms with Gasteiger partial charge in [-0.25, -0.2) is 0 Å². The van der Waals surface area contributed by atoms with Crippen LogP contribution in [0.1, 0.15) is 50.1 Å². The number of nitriles is 1. The molecule has 1 aromatic heterocycles. The van der Waals surface area contributed by atoms with Gasteiger partial charge in [-0.05, 0) is 36.6 Å². The first-order chi connectivity index (χ1) is 13.2. The molecule has 142 valence electrons. The molecular weight excluding hydrogens is 360 g/mol. The highest BCUT2D eigenvalue weighted by Crippen LogP contribution is 2.18. The number of benzene rings is 1. The number of nitrogens with zero attached hydrogens (tertiary/aromatic N) is 3. The number of rotatable bonds is 10. The van der Waals surface area contributed by atoms with Gasteiger partial charge in [0, 0.05) is 0 Å². The van der Waals surface area contributed by atoms with Crippen molar-refractivity contribution < 1.29 is 9.53 Å². The van der Waals surface area contributed by atoms with Crippen molar-refractivity contribution in [3.05, 3.63) is 40.4 Å². The summed E-state index contributed by atoms with van der Waals surface area (Å²) in [6.07, 6.45) is 6.94. The number of ether oxygens (including phenoxy) is 1. The Morgan fingerprint density at radius 3 is 2.63 bits per heavy atom. The average Bonchev–Trinajstić information content (AvgIpc) is 3.14. The number of carbonyl (C=O) groups is 1. The highest BCUT2D eigenvalue weighted by atomic mass is 32.1. The van der Waals surface area contributed by atoms with E-state index < -0.39 is 5.91 Å². The van der Waals surface area contributed by atoms with Crippen molar-refractivity contribution in [1.29, 1.82) is 5.26 Å². The van der Waals surface area contributed by atoms with Crippen LogP contribution in [-0.4, -0.2) is 22.7 Å². The van der Waals surface area contributed by atoms with Crippen LogP contribution >= 0.6 is 11.3 Å². The molecule has 7 heteroatoms. The third kappa shape index (κ3) is 6.83. The number of anilines is 1. The Kier molecular flexibility index (Phi) is 8.46. The van der Waals surface area contributed by atoms with E-state index in [4.69, 9.17) is 4.74 Å². The normalized spacial score (nSPS) is 11.1. The van der Waals surface area contributed by atoms with E-state index in [1.54, 1.807) is 6.08 Å². The van der Waals surface area contributed by atoms with Gasteiger partial charge in [-0.1, -0.05) is 56.6 Å². The fourth-order valence-electron chi connectivity index (χ4n) is 2.31. The van der Waals surface area contributed by atoms with Crippen LogP contribution in [0, 0.1) is 11.3 Å². The maximum absolute atomic E-state index is 12.3. The van der Waals surface area contributed by atoms with E-state index in [0.29, 0.717) is 11.7 Å². The van der Waals surface area contributed by atoms with Gasteiger partial charge in [0.05, 0.1) is 6.61 Å². The van der Waals surface area contributed by atoms with E-state index in [9.17, 15) is 10.1 Å². The number of hydrogen-bond donors (Lipinski definition) is 1. The predicted octanol–water partition coefficient (Wildman–Crippen LogP) is 4.61. The summed E-state index contributed by atoms with van der Waals surface area (Å²) in [7, 11) is 0. The third-order valence-corrected chi connectivity index (χ3v) is 4.80. The molecule has 0 radical (unpaired) electrons. The van der Waals surface area contributed by atoms with Crippen molar-refractivity contribution in [1.82, 2.24) is 10.2 Å². The monoisotopic (exact) mass is 384 g/mol. The minimum absolute atomic E-state index is 0.0106. The van der Waals surface area contributed by atoms with Gasteiger partial charge in [0.25, 0.3) is 5.91 Å². The van der Waals surface area contributed by atoms with Crippen molar-refractivity contribution >= 4 is 28.5 Å². The topological polar surface area (TPSA) is 87.9 Å². The fourth-order valence-corrected chi connectivity index (χ4v) is 2.98. The van der Waals surface area contributed by atoms with E-state index in [1.165, 1.54) is 30.6 Å². The molecular formula is C20H24N4O2S. The van der Waals surface area contributed by atoms with E-state index in [-0.39, 0.29) is 5.57 Å². The molecule has 0 bridgehead atoms. The van der Waals surface area contributed by atoms with Crippen LogP contribution in [0.15, 0.2) is 29.8 Å². The average molecular weight is 385 g/mol. The summed E-state index contributed by atoms with van der Waals surface area (Å²) in [5.41, 5.74) is 0.767. The zero-order valence-electron chi connectivity index (χ0n) is 15.7. The summed E-state index contributed by atoms with van der Waals surface area (Å²) < 4.78 is 5.70. The Morgan fingerprint density at radius 2 is 2.00 bits per heavy atom. The lowest BCUT2D eigenvalue weighted by molar-refractivity contribution is -0.112. The Hall–Kier alpha value is -2.72. The molecule has 0 aliphatic rings. The first kappa shape index (κ1) is 20.6. The standard InChI is InChI=1S/C20H24N4O2S/c1-3-5-6-7-12-26-17-10-8-15(9-11-17)13-16(14-21)19(25)22-20-24-23-18(4-2)27-20/h8-11,13H,3-7,12H2,1-2H3,(H,22,24,25)/b16-13+. The second-order valence-corrected chi connectivity index (χ2v) is 7.02. The van der Waals surface area contributed by atoms with Crippen LogP contribution < -0.4 is 10.1 Å². The highest BCUT2D eigenvalue weighted by Gasteiger charge is 2.12. The maximum atomic E-state index is 12.3. The lowest BCUT2D eigenvalue weighted by Crippen LogP contribution is -2.13. The molecule has 0 saturated heterocycles. The Balaban J connectivity index is 1.93. The third-order valence-electron chi connectivity index (χ3n) is 3.81. The van der Waals surface area contributed by atoms with Gasteiger partial charge in [0.15, 0.2) is 0 Å². The SMILES string of the molecule is CCCCCCOc1ccc(/C=C(\C#N)C(=O)Nc2nnc(CC)s2)cc1. The summed E-state index contributed by atoms with van der Waals surface area (Å²) in [5.74, 6) is 0.292. The van der Waals surface area contributed by atoms with E-state index in [2.05, 4.69) is 22.4 Å². The number of hydrogen-bond acceptors (Lipinski definition) is 6. The minimum atomic E-state index is -0.493. The summed E-state index contributed by atoms with van der Waals surface area (Å²) in [6.45, 7) is 4.84. The van der Waals surface area contributed by atoms with Crippen LogP contribution in [0.5, 0.6) is 5.75 Å². The highest BCUT2D eigenvalue weighted by molar-refractivity contribution is 7.15. The smallest absolute Gasteiger partial charge is 0.268 e. The number of nitrogens with one attached hydrogen (secondary N) is 1. The van der Waals surface area contributed by atoms with Gasteiger partial charge in [0.1, 0.15) is 22.4 Å². The molecule has 0 aliphatic carbocycles. The number of amides is 1. The van der Waals surface area contributed by atoms with Crippen LogP contribution in [0.4, 0.5) is 5.13 Å². The van der Waals surface area contributed by atoms with Crippen molar-refractivity contribution in [3.8, 4) is 11.8 Å².